The average Bonchev–Trinajstić information content (AvgIpc) is 2.46. The van der Waals surface area contributed by atoms with E-state index in [1.54, 1.807) is 13.8 Å². The van der Waals surface area contributed by atoms with Gasteiger partial charge in [-0.1, -0.05) is 0 Å². The molecule has 1 heterocycles. The molecule has 0 radical (unpaired) electrons. The molecule has 5 heteroatoms. The minimum Gasteiger partial charge on any atom is -0.427 e. The summed E-state index contributed by atoms with van der Waals surface area (Å²) in [4.78, 5) is 0. The zero-order chi connectivity index (χ0) is 11.7. The zero-order valence-electron chi connectivity index (χ0n) is 10.3. The summed E-state index contributed by atoms with van der Waals surface area (Å²) in [6.45, 7) is 8.15. The lowest BCUT2D eigenvalue weighted by Crippen LogP contribution is -2.48. The van der Waals surface area contributed by atoms with Crippen LogP contribution in [0.4, 0.5) is 0 Å². The highest BCUT2D eigenvalue weighted by atomic mass is 16.5. The second-order valence-electron chi connectivity index (χ2n) is 5.09. The van der Waals surface area contributed by atoms with Crippen LogP contribution in [0.15, 0.2) is 11.7 Å². The van der Waals surface area contributed by atoms with E-state index in [1.807, 2.05) is 32.1 Å². The lowest BCUT2D eigenvalue weighted by Gasteiger charge is -2.37. The predicted octanol–water partition coefficient (Wildman–Crippen LogP) is 0.195. The Bertz CT molecular complexity index is 259. The van der Waals surface area contributed by atoms with Gasteiger partial charge in [-0.2, -0.15) is 0 Å². The Labute approximate surface area is 92.5 Å². The zero-order valence-corrected chi connectivity index (χ0v) is 10.3. The van der Waals surface area contributed by atoms with Crippen LogP contribution in [0.25, 0.3) is 0 Å². The summed E-state index contributed by atoms with van der Waals surface area (Å²) >= 11 is 0. The molecule has 0 aromatic heterocycles. The molecule has 2 N–H and O–H groups in total. The molecular formula is C10H21BN2O2. The summed E-state index contributed by atoms with van der Waals surface area (Å²) in [6, 6.07) is 0. The monoisotopic (exact) mass is 212 g/mol. The molecule has 0 aromatic carbocycles. The van der Waals surface area contributed by atoms with E-state index in [4.69, 9.17) is 4.65 Å². The number of hydrazine groups is 1. The van der Waals surface area contributed by atoms with Crippen LogP contribution in [0.3, 0.4) is 0 Å². The van der Waals surface area contributed by atoms with Crippen LogP contribution < -0.4 is 5.43 Å². The molecule has 4 nitrogen and oxygen atoms in total. The van der Waals surface area contributed by atoms with E-state index in [0.717, 1.165) is 6.54 Å². The third-order valence-electron chi connectivity index (χ3n) is 3.02. The molecule has 1 aliphatic rings. The fourth-order valence-electron chi connectivity index (χ4n) is 1.13. The number of hydrogen-bond donors (Lipinski definition) is 2. The van der Waals surface area contributed by atoms with E-state index < -0.39 is 11.2 Å². The van der Waals surface area contributed by atoms with Crippen molar-refractivity contribution in [3.8, 4) is 0 Å². The standard InChI is InChI=1S/C10H21BN2O2/c1-9(2,14)10(3,4)15-11-8-6-12-13(5)7-8/h7,11-12,14H,6H2,1-5H3. The molecule has 0 aromatic rings. The highest BCUT2D eigenvalue weighted by molar-refractivity contribution is 6.38. The van der Waals surface area contributed by atoms with Gasteiger partial charge >= 0.3 is 7.48 Å². The molecular weight excluding hydrogens is 191 g/mol. The second kappa shape index (κ2) is 4.16. The summed E-state index contributed by atoms with van der Waals surface area (Å²) in [7, 11) is 2.50. The van der Waals surface area contributed by atoms with Crippen LogP contribution in [0.1, 0.15) is 27.7 Å². The van der Waals surface area contributed by atoms with Crippen molar-refractivity contribution in [3.63, 3.8) is 0 Å². The first-order valence-corrected chi connectivity index (χ1v) is 5.24. The molecule has 1 rings (SSSR count). The number of hydrogen-bond acceptors (Lipinski definition) is 4. The van der Waals surface area contributed by atoms with Gasteiger partial charge in [0.25, 0.3) is 0 Å². The molecule has 0 saturated carbocycles. The fourth-order valence-corrected chi connectivity index (χ4v) is 1.13. The van der Waals surface area contributed by atoms with Gasteiger partial charge in [-0.05, 0) is 33.2 Å². The minimum absolute atomic E-state index is 0.547. The molecule has 0 unspecified atom stereocenters. The van der Waals surface area contributed by atoms with E-state index in [-0.39, 0.29) is 0 Å². The van der Waals surface area contributed by atoms with Gasteiger partial charge in [0.1, 0.15) is 0 Å². The molecule has 0 spiro atoms. The van der Waals surface area contributed by atoms with Crippen molar-refractivity contribution < 1.29 is 9.76 Å². The molecule has 0 aliphatic carbocycles. The van der Waals surface area contributed by atoms with Gasteiger partial charge in [-0.25, -0.2) is 5.43 Å². The number of rotatable bonds is 4. The first kappa shape index (κ1) is 12.6. The number of nitrogens with one attached hydrogen (secondary N) is 1. The van der Waals surface area contributed by atoms with Gasteiger partial charge in [0.05, 0.1) is 11.2 Å². The normalized spacial score (nSPS) is 18.0. The van der Waals surface area contributed by atoms with Crippen molar-refractivity contribution in [1.29, 1.82) is 0 Å². The summed E-state index contributed by atoms with van der Waals surface area (Å²) in [5.41, 5.74) is 2.94. The SMILES string of the molecule is CN1C=C(BOC(C)(C)C(C)(C)O)CN1. The Morgan fingerprint density at radius 3 is 2.47 bits per heavy atom. The molecule has 0 bridgehead atoms. The predicted molar refractivity (Wildman–Crippen MR) is 62.5 cm³/mol. The highest BCUT2D eigenvalue weighted by Crippen LogP contribution is 2.25. The molecule has 0 amide bonds. The maximum Gasteiger partial charge on any atom is 0.308 e. The van der Waals surface area contributed by atoms with Gasteiger partial charge in [-0.3, -0.25) is 0 Å². The maximum atomic E-state index is 9.90. The number of aliphatic hydroxyl groups is 1. The van der Waals surface area contributed by atoms with Crippen molar-refractivity contribution in [2.45, 2.75) is 38.9 Å². The molecule has 1 aliphatic heterocycles. The van der Waals surface area contributed by atoms with Crippen LogP contribution >= 0.6 is 0 Å². The first-order valence-electron chi connectivity index (χ1n) is 5.24. The van der Waals surface area contributed by atoms with Gasteiger partial charge in [0, 0.05) is 19.8 Å². The Hall–Kier alpha value is -0.515. The van der Waals surface area contributed by atoms with Gasteiger partial charge in [0.15, 0.2) is 0 Å². The van der Waals surface area contributed by atoms with Crippen molar-refractivity contribution in [3.05, 3.63) is 11.7 Å². The lowest BCUT2D eigenvalue weighted by atomic mass is 9.83. The maximum absolute atomic E-state index is 9.90. The van der Waals surface area contributed by atoms with Crippen LogP contribution in [0.5, 0.6) is 0 Å². The van der Waals surface area contributed by atoms with Crippen molar-refractivity contribution in [2.24, 2.45) is 0 Å². The summed E-state index contributed by atoms with van der Waals surface area (Å²) in [6.07, 6.45) is 2.01. The summed E-state index contributed by atoms with van der Waals surface area (Å²) in [5, 5.41) is 11.8. The third kappa shape index (κ3) is 3.22. The first-order chi connectivity index (χ1) is 6.72. The van der Waals surface area contributed by atoms with Crippen LogP contribution in [-0.2, 0) is 4.65 Å². The smallest absolute Gasteiger partial charge is 0.308 e. The van der Waals surface area contributed by atoms with E-state index in [0.29, 0.717) is 7.48 Å². The Morgan fingerprint density at radius 2 is 2.07 bits per heavy atom. The largest absolute Gasteiger partial charge is 0.427 e. The van der Waals surface area contributed by atoms with E-state index in [9.17, 15) is 5.11 Å². The van der Waals surface area contributed by atoms with Crippen LogP contribution in [0.2, 0.25) is 0 Å². The van der Waals surface area contributed by atoms with E-state index in [2.05, 4.69) is 5.43 Å². The highest BCUT2D eigenvalue weighted by Gasteiger charge is 2.35. The van der Waals surface area contributed by atoms with E-state index in [1.165, 1.54) is 5.47 Å². The van der Waals surface area contributed by atoms with E-state index >= 15 is 0 Å². The van der Waals surface area contributed by atoms with Gasteiger partial charge < -0.3 is 14.8 Å². The van der Waals surface area contributed by atoms with Crippen LogP contribution in [0, 0.1) is 0 Å². The Morgan fingerprint density at radius 1 is 1.47 bits per heavy atom. The molecule has 0 saturated heterocycles. The molecule has 0 fully saturated rings. The summed E-state index contributed by atoms with van der Waals surface area (Å²) < 4.78 is 5.74. The Kier molecular flexibility index (Phi) is 3.48. The molecule has 0 atom stereocenters. The summed E-state index contributed by atoms with van der Waals surface area (Å²) in [5.74, 6) is 0. The van der Waals surface area contributed by atoms with Crippen molar-refractivity contribution >= 4 is 7.48 Å². The topological polar surface area (TPSA) is 44.7 Å². The average molecular weight is 212 g/mol. The van der Waals surface area contributed by atoms with Crippen molar-refractivity contribution in [2.75, 3.05) is 13.6 Å². The third-order valence-corrected chi connectivity index (χ3v) is 3.02. The van der Waals surface area contributed by atoms with Crippen molar-refractivity contribution in [1.82, 2.24) is 10.4 Å². The van der Waals surface area contributed by atoms with Gasteiger partial charge in [-0.15, -0.1) is 0 Å². The quantitative estimate of drug-likeness (QED) is 0.653. The lowest BCUT2D eigenvalue weighted by molar-refractivity contribution is -0.0897. The number of nitrogens with zero attached hydrogens (tertiary/aromatic N) is 1. The minimum atomic E-state index is -0.842. The second-order valence-corrected chi connectivity index (χ2v) is 5.09. The fraction of sp³-hybridized carbons (Fsp3) is 0.800. The van der Waals surface area contributed by atoms with Crippen LogP contribution in [-0.4, -0.2) is 42.4 Å². The van der Waals surface area contributed by atoms with Gasteiger partial charge in [0.2, 0.25) is 0 Å². The molecule has 15 heavy (non-hydrogen) atoms. The molecule has 86 valence electrons. The Balaban J connectivity index is 2.47.